The van der Waals surface area contributed by atoms with Crippen LogP contribution in [0.5, 0.6) is 0 Å². The molecule has 0 aromatic heterocycles. The maximum Gasteiger partial charge on any atom is 0.335 e. The molecule has 4 heteroatoms. The van der Waals surface area contributed by atoms with Crippen molar-refractivity contribution < 1.29 is 9.90 Å². The van der Waals surface area contributed by atoms with E-state index in [1.165, 1.54) is 25.7 Å². The highest BCUT2D eigenvalue weighted by Gasteiger charge is 2.38. The largest absolute Gasteiger partial charge is 0.478 e. The molecule has 0 radical (unpaired) electrons. The summed E-state index contributed by atoms with van der Waals surface area (Å²) in [5, 5.41) is 12.6. The molecule has 2 fully saturated rings. The van der Waals surface area contributed by atoms with Crippen LogP contribution in [-0.4, -0.2) is 17.1 Å². The van der Waals surface area contributed by atoms with Crippen molar-refractivity contribution in [2.45, 2.75) is 38.3 Å². The van der Waals surface area contributed by atoms with E-state index in [0.29, 0.717) is 11.6 Å². The molecule has 0 amide bonds. The minimum Gasteiger partial charge on any atom is -0.478 e. The van der Waals surface area contributed by atoms with Crippen molar-refractivity contribution >= 4 is 21.9 Å². The molecular formula is C15H18BrNO2. The van der Waals surface area contributed by atoms with E-state index >= 15 is 0 Å². The van der Waals surface area contributed by atoms with E-state index in [9.17, 15) is 4.79 Å². The Bertz CT molecular complexity index is 503. The summed E-state index contributed by atoms with van der Waals surface area (Å²) in [6.07, 6.45) is 5.51. The first-order chi connectivity index (χ1) is 9.13. The lowest BCUT2D eigenvalue weighted by Gasteiger charge is -2.23. The molecule has 0 heterocycles. The van der Waals surface area contributed by atoms with Gasteiger partial charge in [-0.15, -0.1) is 0 Å². The Balaban J connectivity index is 1.62. The van der Waals surface area contributed by atoms with Crippen LogP contribution >= 0.6 is 15.9 Å². The SMILES string of the molecule is O=C(O)c1ccc(CNC2CC3CCC2C3)c(Br)c1. The van der Waals surface area contributed by atoms with Crippen LogP contribution in [0.2, 0.25) is 0 Å². The van der Waals surface area contributed by atoms with E-state index in [4.69, 9.17) is 5.11 Å². The van der Waals surface area contributed by atoms with Gasteiger partial charge < -0.3 is 10.4 Å². The summed E-state index contributed by atoms with van der Waals surface area (Å²) in [7, 11) is 0. The Morgan fingerprint density at radius 3 is 2.79 bits per heavy atom. The molecule has 3 nitrogen and oxygen atoms in total. The molecule has 3 atom stereocenters. The van der Waals surface area contributed by atoms with Crippen LogP contribution in [0.15, 0.2) is 22.7 Å². The maximum absolute atomic E-state index is 10.9. The highest BCUT2D eigenvalue weighted by Crippen LogP contribution is 2.44. The number of benzene rings is 1. The standard InChI is InChI=1S/C15H18BrNO2/c16-13-7-11(15(18)19)3-4-12(13)8-17-14-6-9-1-2-10(14)5-9/h3-4,7,9-10,14,17H,1-2,5-6,8H2,(H,18,19). The summed E-state index contributed by atoms with van der Waals surface area (Å²) in [4.78, 5) is 10.9. The minimum absolute atomic E-state index is 0.329. The monoisotopic (exact) mass is 323 g/mol. The van der Waals surface area contributed by atoms with Crippen LogP contribution in [0.25, 0.3) is 0 Å². The zero-order chi connectivity index (χ0) is 13.4. The number of carbonyl (C=O) groups is 1. The summed E-state index contributed by atoms with van der Waals surface area (Å²) in [5.41, 5.74) is 1.46. The molecule has 2 bridgehead atoms. The second-order valence-electron chi connectivity index (χ2n) is 5.77. The van der Waals surface area contributed by atoms with Gasteiger partial charge in [0.15, 0.2) is 0 Å². The van der Waals surface area contributed by atoms with Crippen molar-refractivity contribution in [2.24, 2.45) is 11.8 Å². The number of fused-ring (bicyclic) bond motifs is 2. The fourth-order valence-corrected chi connectivity index (χ4v) is 4.08. The number of aromatic carboxylic acids is 1. The Morgan fingerprint density at radius 1 is 1.37 bits per heavy atom. The van der Waals surface area contributed by atoms with Gasteiger partial charge in [0.2, 0.25) is 0 Å². The smallest absolute Gasteiger partial charge is 0.335 e. The summed E-state index contributed by atoms with van der Waals surface area (Å²) in [5.74, 6) is 0.927. The van der Waals surface area contributed by atoms with Gasteiger partial charge in [0.05, 0.1) is 5.56 Å². The second-order valence-corrected chi connectivity index (χ2v) is 6.63. The number of hydrogen-bond donors (Lipinski definition) is 2. The van der Waals surface area contributed by atoms with Gasteiger partial charge in [-0.2, -0.15) is 0 Å². The van der Waals surface area contributed by atoms with Crippen LogP contribution in [0.1, 0.15) is 41.6 Å². The predicted octanol–water partition coefficient (Wildman–Crippen LogP) is 3.43. The molecule has 0 aliphatic heterocycles. The van der Waals surface area contributed by atoms with Gasteiger partial charge in [-0.05, 0) is 48.8 Å². The van der Waals surface area contributed by atoms with Crippen molar-refractivity contribution in [1.82, 2.24) is 5.32 Å². The second kappa shape index (κ2) is 5.25. The van der Waals surface area contributed by atoms with Crippen LogP contribution in [-0.2, 0) is 6.54 Å². The Labute approximate surface area is 121 Å². The third-order valence-corrected chi connectivity index (χ3v) is 5.33. The summed E-state index contributed by atoms with van der Waals surface area (Å²) < 4.78 is 0.878. The lowest BCUT2D eigenvalue weighted by atomic mass is 9.95. The third kappa shape index (κ3) is 2.70. The summed E-state index contributed by atoms with van der Waals surface area (Å²) in [6.45, 7) is 0.814. The van der Waals surface area contributed by atoms with Gasteiger partial charge in [-0.3, -0.25) is 0 Å². The first kappa shape index (κ1) is 13.1. The number of nitrogens with one attached hydrogen (secondary N) is 1. The first-order valence-corrected chi connectivity index (χ1v) is 7.68. The van der Waals surface area contributed by atoms with Crippen LogP contribution < -0.4 is 5.32 Å². The van der Waals surface area contributed by atoms with Gasteiger partial charge in [0.25, 0.3) is 0 Å². The molecule has 0 saturated heterocycles. The summed E-state index contributed by atoms with van der Waals surface area (Å²) >= 11 is 3.46. The molecule has 3 unspecified atom stereocenters. The number of hydrogen-bond acceptors (Lipinski definition) is 2. The Hall–Kier alpha value is -0.870. The van der Waals surface area contributed by atoms with Gasteiger partial charge in [0, 0.05) is 17.1 Å². The minimum atomic E-state index is -0.881. The topological polar surface area (TPSA) is 49.3 Å². The lowest BCUT2D eigenvalue weighted by molar-refractivity contribution is 0.0697. The number of carboxylic acids is 1. The van der Waals surface area contributed by atoms with Gasteiger partial charge in [-0.1, -0.05) is 28.4 Å². The zero-order valence-corrected chi connectivity index (χ0v) is 12.3. The number of carboxylic acid groups (broad SMARTS) is 1. The zero-order valence-electron chi connectivity index (χ0n) is 10.7. The molecule has 2 aliphatic carbocycles. The van der Waals surface area contributed by atoms with E-state index < -0.39 is 5.97 Å². The molecule has 2 N–H and O–H groups in total. The highest BCUT2D eigenvalue weighted by atomic mass is 79.9. The van der Waals surface area contributed by atoms with E-state index in [2.05, 4.69) is 21.2 Å². The number of rotatable bonds is 4. The van der Waals surface area contributed by atoms with Crippen molar-refractivity contribution in [3.8, 4) is 0 Å². The molecule has 2 saturated carbocycles. The van der Waals surface area contributed by atoms with Gasteiger partial charge >= 0.3 is 5.97 Å². The van der Waals surface area contributed by atoms with E-state index in [1.807, 2.05) is 6.07 Å². The summed E-state index contributed by atoms with van der Waals surface area (Å²) in [6, 6.07) is 5.91. The molecule has 19 heavy (non-hydrogen) atoms. The molecular weight excluding hydrogens is 306 g/mol. The quantitative estimate of drug-likeness (QED) is 0.892. The molecule has 102 valence electrons. The first-order valence-electron chi connectivity index (χ1n) is 6.88. The van der Waals surface area contributed by atoms with Gasteiger partial charge in [0.1, 0.15) is 0 Å². The normalized spacial score (nSPS) is 28.8. The Kier molecular flexibility index (Phi) is 3.63. The van der Waals surface area contributed by atoms with Gasteiger partial charge in [-0.25, -0.2) is 4.79 Å². The lowest BCUT2D eigenvalue weighted by Crippen LogP contribution is -2.33. The van der Waals surface area contributed by atoms with Crippen LogP contribution in [0, 0.1) is 11.8 Å². The average Bonchev–Trinajstić information content (AvgIpc) is 2.99. The molecule has 1 aromatic rings. The molecule has 3 rings (SSSR count). The molecule has 2 aliphatic rings. The van der Waals surface area contributed by atoms with Crippen molar-refractivity contribution in [2.75, 3.05) is 0 Å². The van der Waals surface area contributed by atoms with Crippen LogP contribution in [0.4, 0.5) is 0 Å². The van der Waals surface area contributed by atoms with E-state index in [-0.39, 0.29) is 0 Å². The highest BCUT2D eigenvalue weighted by molar-refractivity contribution is 9.10. The van der Waals surface area contributed by atoms with Crippen molar-refractivity contribution in [3.63, 3.8) is 0 Å². The van der Waals surface area contributed by atoms with Crippen LogP contribution in [0.3, 0.4) is 0 Å². The van der Waals surface area contributed by atoms with E-state index in [0.717, 1.165) is 28.4 Å². The third-order valence-electron chi connectivity index (χ3n) is 4.59. The average molecular weight is 324 g/mol. The number of halogens is 1. The molecule has 1 aromatic carbocycles. The fraction of sp³-hybridized carbons (Fsp3) is 0.533. The predicted molar refractivity (Wildman–Crippen MR) is 77.2 cm³/mol. The fourth-order valence-electron chi connectivity index (χ4n) is 3.56. The van der Waals surface area contributed by atoms with Crippen molar-refractivity contribution in [1.29, 1.82) is 0 Å². The van der Waals surface area contributed by atoms with E-state index in [1.54, 1.807) is 12.1 Å². The maximum atomic E-state index is 10.9. The van der Waals surface area contributed by atoms with Crippen molar-refractivity contribution in [3.05, 3.63) is 33.8 Å². The molecule has 0 spiro atoms. The Morgan fingerprint density at radius 2 is 2.21 bits per heavy atom.